The Balaban J connectivity index is 1.73. The van der Waals surface area contributed by atoms with Crippen molar-refractivity contribution in [3.63, 3.8) is 0 Å². The van der Waals surface area contributed by atoms with Gasteiger partial charge in [-0.15, -0.1) is 0 Å². The topological polar surface area (TPSA) is 76.7 Å². The first-order valence-electron chi connectivity index (χ1n) is 9.59. The number of amides is 2. The Kier molecular flexibility index (Phi) is 7.41. The number of para-hydroxylation sites is 2. The number of rotatable bonds is 8. The Labute approximate surface area is 175 Å². The first kappa shape index (κ1) is 21.0. The summed E-state index contributed by atoms with van der Waals surface area (Å²) in [5, 5.41) is 5.98. The lowest BCUT2D eigenvalue weighted by Gasteiger charge is -2.28. The van der Waals surface area contributed by atoms with E-state index in [1.54, 1.807) is 36.0 Å². The van der Waals surface area contributed by atoms with Crippen molar-refractivity contribution in [2.45, 2.75) is 24.9 Å². The van der Waals surface area contributed by atoms with E-state index in [0.717, 1.165) is 17.1 Å². The lowest BCUT2D eigenvalue weighted by atomic mass is 10.00. The van der Waals surface area contributed by atoms with E-state index in [2.05, 4.69) is 10.6 Å². The molecule has 3 rings (SSSR count). The zero-order valence-electron chi connectivity index (χ0n) is 16.6. The van der Waals surface area contributed by atoms with Crippen LogP contribution in [-0.2, 0) is 4.79 Å². The van der Waals surface area contributed by atoms with E-state index >= 15 is 0 Å². The van der Waals surface area contributed by atoms with Gasteiger partial charge in [-0.05, 0) is 36.6 Å². The molecule has 0 spiro atoms. The van der Waals surface area contributed by atoms with E-state index < -0.39 is 6.04 Å². The van der Waals surface area contributed by atoms with Gasteiger partial charge in [-0.3, -0.25) is 9.59 Å². The summed E-state index contributed by atoms with van der Waals surface area (Å²) in [6.45, 7) is 0.547. The molecular formula is C22H26N2O4S. The molecule has 0 bridgehead atoms. The van der Waals surface area contributed by atoms with E-state index in [-0.39, 0.29) is 17.9 Å². The Morgan fingerprint density at radius 2 is 1.97 bits per heavy atom. The second kappa shape index (κ2) is 10.2. The predicted molar refractivity (Wildman–Crippen MR) is 115 cm³/mol. The SMILES string of the molecule is COc1ccccc1C(=O)N[C@H](CCSC)C(=O)N[C@@H]1CCOc2ccccc21. The maximum absolute atomic E-state index is 13.0. The van der Waals surface area contributed by atoms with Crippen molar-refractivity contribution >= 4 is 23.6 Å². The van der Waals surface area contributed by atoms with Crippen LogP contribution in [0.5, 0.6) is 11.5 Å². The average molecular weight is 415 g/mol. The fourth-order valence-electron chi connectivity index (χ4n) is 3.34. The molecular weight excluding hydrogens is 388 g/mol. The van der Waals surface area contributed by atoms with Crippen LogP contribution in [0.4, 0.5) is 0 Å². The van der Waals surface area contributed by atoms with Crippen LogP contribution < -0.4 is 20.1 Å². The molecule has 0 unspecified atom stereocenters. The largest absolute Gasteiger partial charge is 0.496 e. The lowest BCUT2D eigenvalue weighted by molar-refractivity contribution is -0.124. The van der Waals surface area contributed by atoms with Crippen LogP contribution in [0.15, 0.2) is 48.5 Å². The van der Waals surface area contributed by atoms with Crippen molar-refractivity contribution < 1.29 is 19.1 Å². The number of hydrogen-bond donors (Lipinski definition) is 2. The molecule has 7 heteroatoms. The molecule has 0 aromatic heterocycles. The summed E-state index contributed by atoms with van der Waals surface area (Å²) in [6, 6.07) is 13.9. The van der Waals surface area contributed by atoms with Gasteiger partial charge in [0.2, 0.25) is 5.91 Å². The molecule has 0 fully saturated rings. The van der Waals surface area contributed by atoms with Crippen LogP contribution in [-0.4, -0.2) is 43.6 Å². The number of nitrogens with one attached hydrogen (secondary N) is 2. The molecule has 1 aliphatic rings. The van der Waals surface area contributed by atoms with Gasteiger partial charge in [0.15, 0.2) is 0 Å². The molecule has 1 heterocycles. The van der Waals surface area contributed by atoms with E-state index in [9.17, 15) is 9.59 Å². The molecule has 0 aliphatic carbocycles. The normalized spacial score (nSPS) is 16.1. The maximum Gasteiger partial charge on any atom is 0.255 e. The summed E-state index contributed by atoms with van der Waals surface area (Å²) >= 11 is 1.64. The first-order chi connectivity index (χ1) is 14.1. The summed E-state index contributed by atoms with van der Waals surface area (Å²) < 4.78 is 10.9. The zero-order chi connectivity index (χ0) is 20.6. The monoisotopic (exact) mass is 414 g/mol. The molecule has 2 amide bonds. The molecule has 2 atom stereocenters. The Hall–Kier alpha value is -2.67. The molecule has 0 radical (unpaired) electrons. The molecule has 29 heavy (non-hydrogen) atoms. The highest BCUT2D eigenvalue weighted by Crippen LogP contribution is 2.31. The van der Waals surface area contributed by atoms with Gasteiger partial charge in [-0.2, -0.15) is 11.8 Å². The van der Waals surface area contributed by atoms with Gasteiger partial charge < -0.3 is 20.1 Å². The summed E-state index contributed by atoms with van der Waals surface area (Å²) in [6.07, 6.45) is 3.21. The fraction of sp³-hybridized carbons (Fsp3) is 0.364. The minimum Gasteiger partial charge on any atom is -0.496 e. The van der Waals surface area contributed by atoms with Gasteiger partial charge in [0.25, 0.3) is 5.91 Å². The maximum atomic E-state index is 13.0. The third kappa shape index (κ3) is 5.23. The Morgan fingerprint density at radius 3 is 2.76 bits per heavy atom. The highest BCUT2D eigenvalue weighted by Gasteiger charge is 2.28. The van der Waals surface area contributed by atoms with Gasteiger partial charge in [0.1, 0.15) is 17.5 Å². The molecule has 154 valence electrons. The van der Waals surface area contributed by atoms with Crippen molar-refractivity contribution in [1.82, 2.24) is 10.6 Å². The summed E-state index contributed by atoms with van der Waals surface area (Å²) in [4.78, 5) is 25.8. The molecule has 0 saturated carbocycles. The number of methoxy groups -OCH3 is 1. The first-order valence-corrected chi connectivity index (χ1v) is 11.0. The van der Waals surface area contributed by atoms with E-state index in [0.29, 0.717) is 30.8 Å². The smallest absolute Gasteiger partial charge is 0.255 e. The molecule has 2 N–H and O–H groups in total. The number of hydrogen-bond acceptors (Lipinski definition) is 5. The summed E-state index contributed by atoms with van der Waals surface area (Å²) in [5.41, 5.74) is 1.38. The Morgan fingerprint density at radius 1 is 1.21 bits per heavy atom. The highest BCUT2D eigenvalue weighted by atomic mass is 32.2. The molecule has 1 aliphatic heterocycles. The second-order valence-electron chi connectivity index (χ2n) is 6.74. The Bertz CT molecular complexity index is 858. The number of ether oxygens (including phenoxy) is 2. The minimum atomic E-state index is -0.630. The van der Waals surface area contributed by atoms with Gasteiger partial charge in [0, 0.05) is 12.0 Å². The quantitative estimate of drug-likeness (QED) is 0.694. The van der Waals surface area contributed by atoms with Crippen LogP contribution in [0.3, 0.4) is 0 Å². The van der Waals surface area contributed by atoms with E-state index in [1.165, 1.54) is 7.11 Å². The standard InChI is InChI=1S/C22H26N2O4S/c1-27-19-9-5-4-8-16(19)21(25)24-18(12-14-29-2)22(26)23-17-11-13-28-20-10-6-3-7-15(17)20/h3-10,17-18H,11-14H2,1-2H3,(H,23,26)(H,24,25)/t17-,18-/m1/s1. The number of fused-ring (bicyclic) bond motifs is 1. The number of benzene rings is 2. The molecule has 0 saturated heterocycles. The third-order valence-corrected chi connectivity index (χ3v) is 5.50. The molecule has 2 aromatic rings. The number of thioether (sulfide) groups is 1. The van der Waals surface area contributed by atoms with Gasteiger partial charge >= 0.3 is 0 Å². The van der Waals surface area contributed by atoms with Gasteiger partial charge in [0.05, 0.1) is 25.3 Å². The molecule has 2 aromatic carbocycles. The van der Waals surface area contributed by atoms with Gasteiger partial charge in [-0.1, -0.05) is 30.3 Å². The third-order valence-electron chi connectivity index (χ3n) is 4.86. The summed E-state index contributed by atoms with van der Waals surface area (Å²) in [7, 11) is 1.52. The predicted octanol–water partition coefficient (Wildman–Crippen LogP) is 3.19. The molecule has 6 nitrogen and oxygen atoms in total. The van der Waals surface area contributed by atoms with Crippen molar-refractivity contribution in [1.29, 1.82) is 0 Å². The fourth-order valence-corrected chi connectivity index (χ4v) is 3.81. The summed E-state index contributed by atoms with van der Waals surface area (Å²) in [5.74, 6) is 1.52. The van der Waals surface area contributed by atoms with E-state index in [1.807, 2.05) is 30.5 Å². The minimum absolute atomic E-state index is 0.132. The number of carbonyl (C=O) groups excluding carboxylic acids is 2. The van der Waals surface area contributed by atoms with Crippen LogP contribution >= 0.6 is 11.8 Å². The average Bonchev–Trinajstić information content (AvgIpc) is 2.76. The van der Waals surface area contributed by atoms with Crippen molar-refractivity contribution in [2.24, 2.45) is 0 Å². The van der Waals surface area contributed by atoms with Crippen LogP contribution in [0.2, 0.25) is 0 Å². The van der Waals surface area contributed by atoms with Crippen molar-refractivity contribution in [3.05, 3.63) is 59.7 Å². The van der Waals surface area contributed by atoms with E-state index in [4.69, 9.17) is 9.47 Å². The second-order valence-corrected chi connectivity index (χ2v) is 7.73. The van der Waals surface area contributed by atoms with Crippen LogP contribution in [0, 0.1) is 0 Å². The lowest BCUT2D eigenvalue weighted by Crippen LogP contribution is -2.48. The highest BCUT2D eigenvalue weighted by molar-refractivity contribution is 7.98. The zero-order valence-corrected chi connectivity index (χ0v) is 17.5. The van der Waals surface area contributed by atoms with Crippen molar-refractivity contribution in [3.8, 4) is 11.5 Å². The number of carbonyl (C=O) groups is 2. The van der Waals surface area contributed by atoms with Crippen LogP contribution in [0.1, 0.15) is 34.8 Å². The van der Waals surface area contributed by atoms with Crippen LogP contribution in [0.25, 0.3) is 0 Å². The van der Waals surface area contributed by atoms with Crippen molar-refractivity contribution in [2.75, 3.05) is 25.7 Å². The van der Waals surface area contributed by atoms with Gasteiger partial charge in [-0.25, -0.2) is 0 Å².